The molecule has 1 fully saturated rings. The van der Waals surface area contributed by atoms with Gasteiger partial charge in [-0.1, -0.05) is 11.3 Å². The lowest BCUT2D eigenvalue weighted by molar-refractivity contribution is 0.0478. The third-order valence-electron chi connectivity index (χ3n) is 2.86. The van der Waals surface area contributed by atoms with Gasteiger partial charge < -0.3 is 21.1 Å². The van der Waals surface area contributed by atoms with Gasteiger partial charge in [0.2, 0.25) is 0 Å². The molecule has 2 rings (SSSR count). The van der Waals surface area contributed by atoms with Crippen molar-refractivity contribution in [3.63, 3.8) is 0 Å². The Balaban J connectivity index is 2.12. The fourth-order valence-electron chi connectivity index (χ4n) is 1.99. The average molecular weight is 270 g/mol. The van der Waals surface area contributed by atoms with E-state index in [1.54, 1.807) is 4.90 Å². The van der Waals surface area contributed by atoms with Gasteiger partial charge in [0.25, 0.3) is 5.91 Å². The highest BCUT2D eigenvalue weighted by Gasteiger charge is 2.26. The van der Waals surface area contributed by atoms with E-state index in [1.807, 2.05) is 6.92 Å². The Morgan fingerprint density at radius 1 is 1.72 bits per heavy atom. The smallest absolute Gasteiger partial charge is 0.267 e. The molecule has 1 aliphatic heterocycles. The van der Waals surface area contributed by atoms with Crippen LogP contribution in [0.5, 0.6) is 0 Å². The fourth-order valence-corrected chi connectivity index (χ4v) is 2.92. The Labute approximate surface area is 110 Å². The maximum atomic E-state index is 12.3. The van der Waals surface area contributed by atoms with Gasteiger partial charge in [0.1, 0.15) is 10.7 Å². The molecule has 1 amide bonds. The number of aliphatic hydroxyl groups excluding tert-OH is 1. The van der Waals surface area contributed by atoms with Gasteiger partial charge in [-0.3, -0.25) is 4.79 Å². The summed E-state index contributed by atoms with van der Waals surface area (Å²) < 4.78 is 0. The van der Waals surface area contributed by atoms with E-state index in [4.69, 9.17) is 5.73 Å². The Morgan fingerprint density at radius 3 is 3.17 bits per heavy atom. The molecule has 7 heteroatoms. The van der Waals surface area contributed by atoms with E-state index in [0.29, 0.717) is 23.1 Å². The van der Waals surface area contributed by atoms with Crippen molar-refractivity contribution in [2.45, 2.75) is 25.9 Å². The van der Waals surface area contributed by atoms with Crippen molar-refractivity contribution in [1.82, 2.24) is 9.88 Å². The topological polar surface area (TPSA) is 91.5 Å². The van der Waals surface area contributed by atoms with Crippen LogP contribution in [-0.2, 0) is 0 Å². The number of β-amino-alcohol motifs (C(OH)–C–C–N with tert-alkyl or cyclic N) is 1. The number of likely N-dealkylation sites (tertiary alicyclic amines) is 1. The summed E-state index contributed by atoms with van der Waals surface area (Å²) in [5.74, 6) is 0.133. The van der Waals surface area contributed by atoms with E-state index < -0.39 is 6.10 Å². The summed E-state index contributed by atoms with van der Waals surface area (Å²) in [5, 5.41) is 13.3. The van der Waals surface area contributed by atoms with Gasteiger partial charge in [0, 0.05) is 19.6 Å². The summed E-state index contributed by atoms with van der Waals surface area (Å²) in [5.41, 5.74) is 5.76. The van der Waals surface area contributed by atoms with E-state index in [-0.39, 0.29) is 11.7 Å². The molecule has 1 aliphatic rings. The molecule has 100 valence electrons. The first-order valence-electron chi connectivity index (χ1n) is 6.09. The number of aromatic nitrogens is 1. The molecule has 1 saturated heterocycles. The number of rotatable bonds is 3. The predicted molar refractivity (Wildman–Crippen MR) is 71.8 cm³/mol. The zero-order valence-electron chi connectivity index (χ0n) is 10.3. The van der Waals surface area contributed by atoms with Gasteiger partial charge in [-0.05, 0) is 19.8 Å². The van der Waals surface area contributed by atoms with Crippen molar-refractivity contribution >= 4 is 28.2 Å². The second-order valence-electron chi connectivity index (χ2n) is 4.31. The number of nitrogens with two attached hydrogens (primary N) is 1. The molecule has 0 aliphatic carbocycles. The second-order valence-corrected chi connectivity index (χ2v) is 5.31. The number of aliphatic hydroxyl groups is 1. The van der Waals surface area contributed by atoms with Crippen LogP contribution >= 0.6 is 11.3 Å². The van der Waals surface area contributed by atoms with Gasteiger partial charge in [0.15, 0.2) is 5.13 Å². The highest BCUT2D eigenvalue weighted by atomic mass is 32.1. The SMILES string of the molecule is CCNc1nc(N)c(C(=O)N2CCCC(O)C2)s1. The fraction of sp³-hybridized carbons (Fsp3) is 0.636. The van der Waals surface area contributed by atoms with Gasteiger partial charge in [-0.15, -0.1) is 0 Å². The second kappa shape index (κ2) is 5.53. The minimum atomic E-state index is -0.426. The van der Waals surface area contributed by atoms with Crippen molar-refractivity contribution < 1.29 is 9.90 Å². The number of hydrogen-bond acceptors (Lipinski definition) is 6. The number of carbonyl (C=O) groups is 1. The van der Waals surface area contributed by atoms with E-state index in [1.165, 1.54) is 11.3 Å². The highest BCUT2D eigenvalue weighted by molar-refractivity contribution is 7.18. The van der Waals surface area contributed by atoms with Gasteiger partial charge in [0.05, 0.1) is 6.10 Å². The zero-order valence-corrected chi connectivity index (χ0v) is 11.2. The molecule has 0 spiro atoms. The summed E-state index contributed by atoms with van der Waals surface area (Å²) in [6, 6.07) is 0. The maximum absolute atomic E-state index is 12.3. The van der Waals surface area contributed by atoms with Crippen molar-refractivity contribution in [1.29, 1.82) is 0 Å². The molecule has 0 saturated carbocycles. The minimum Gasteiger partial charge on any atom is -0.391 e. The summed E-state index contributed by atoms with van der Waals surface area (Å²) in [7, 11) is 0. The molecular weight excluding hydrogens is 252 g/mol. The molecule has 1 aromatic rings. The summed E-state index contributed by atoms with van der Waals surface area (Å²) in [6.45, 7) is 3.75. The Kier molecular flexibility index (Phi) is 4.03. The van der Waals surface area contributed by atoms with Crippen molar-refractivity contribution in [2.75, 3.05) is 30.7 Å². The number of nitrogens with zero attached hydrogens (tertiary/aromatic N) is 2. The van der Waals surface area contributed by atoms with Crippen molar-refractivity contribution in [2.24, 2.45) is 0 Å². The Bertz CT molecular complexity index is 435. The van der Waals surface area contributed by atoms with Crippen LogP contribution in [0.2, 0.25) is 0 Å². The van der Waals surface area contributed by atoms with E-state index >= 15 is 0 Å². The van der Waals surface area contributed by atoms with Crippen LogP contribution in [0.25, 0.3) is 0 Å². The first-order valence-corrected chi connectivity index (χ1v) is 6.91. The lowest BCUT2D eigenvalue weighted by Crippen LogP contribution is -2.42. The molecule has 2 heterocycles. The number of nitrogens with one attached hydrogen (secondary N) is 1. The number of anilines is 2. The average Bonchev–Trinajstić information content (AvgIpc) is 2.70. The van der Waals surface area contributed by atoms with Crippen molar-refractivity contribution in [3.05, 3.63) is 4.88 Å². The van der Waals surface area contributed by atoms with Crippen LogP contribution in [0, 0.1) is 0 Å². The van der Waals surface area contributed by atoms with Crippen LogP contribution in [0.4, 0.5) is 10.9 Å². The molecular formula is C11H18N4O2S. The number of carbonyl (C=O) groups excluding carboxylic acids is 1. The maximum Gasteiger partial charge on any atom is 0.267 e. The van der Waals surface area contributed by atoms with Gasteiger partial charge >= 0.3 is 0 Å². The summed E-state index contributed by atoms with van der Waals surface area (Å²) in [4.78, 5) is 18.5. The molecule has 0 aromatic carbocycles. The molecule has 0 bridgehead atoms. The van der Waals surface area contributed by atoms with E-state index in [0.717, 1.165) is 19.4 Å². The highest BCUT2D eigenvalue weighted by Crippen LogP contribution is 2.27. The van der Waals surface area contributed by atoms with E-state index in [2.05, 4.69) is 10.3 Å². The molecule has 0 radical (unpaired) electrons. The third-order valence-corrected chi connectivity index (χ3v) is 3.88. The molecule has 1 atom stereocenters. The van der Waals surface area contributed by atoms with Crippen LogP contribution < -0.4 is 11.1 Å². The number of piperidine rings is 1. The standard InChI is InChI=1S/C11H18N4O2S/c1-2-13-11-14-9(12)8(18-11)10(17)15-5-3-4-7(16)6-15/h7,16H,2-6,12H2,1H3,(H,13,14). The van der Waals surface area contributed by atoms with Crippen LogP contribution in [0.15, 0.2) is 0 Å². The number of amides is 1. The first kappa shape index (κ1) is 13.1. The van der Waals surface area contributed by atoms with Crippen LogP contribution in [0.1, 0.15) is 29.4 Å². The first-order chi connectivity index (χ1) is 8.61. The minimum absolute atomic E-state index is 0.132. The molecule has 1 aromatic heterocycles. The van der Waals surface area contributed by atoms with E-state index in [9.17, 15) is 9.90 Å². The van der Waals surface area contributed by atoms with Gasteiger partial charge in [-0.2, -0.15) is 0 Å². The van der Waals surface area contributed by atoms with Crippen LogP contribution in [-0.4, -0.2) is 46.6 Å². The van der Waals surface area contributed by atoms with Crippen LogP contribution in [0.3, 0.4) is 0 Å². The molecule has 6 nitrogen and oxygen atoms in total. The van der Waals surface area contributed by atoms with Gasteiger partial charge in [-0.25, -0.2) is 4.98 Å². The number of hydrogen-bond donors (Lipinski definition) is 3. The summed E-state index contributed by atoms with van der Waals surface area (Å²) in [6.07, 6.45) is 1.15. The Morgan fingerprint density at radius 2 is 2.50 bits per heavy atom. The molecule has 1 unspecified atom stereocenters. The molecule has 18 heavy (non-hydrogen) atoms. The third kappa shape index (κ3) is 2.73. The quantitative estimate of drug-likeness (QED) is 0.754. The summed E-state index contributed by atoms with van der Waals surface area (Å²) >= 11 is 1.27. The molecule has 4 N–H and O–H groups in total. The predicted octanol–water partition coefficient (Wildman–Crippen LogP) is 0.754. The number of thiazole rings is 1. The number of nitrogen functional groups attached to an aromatic ring is 1. The lowest BCUT2D eigenvalue weighted by atomic mass is 10.1. The largest absolute Gasteiger partial charge is 0.391 e. The van der Waals surface area contributed by atoms with Crippen molar-refractivity contribution in [3.8, 4) is 0 Å². The zero-order chi connectivity index (χ0) is 13.1. The monoisotopic (exact) mass is 270 g/mol. The lowest BCUT2D eigenvalue weighted by Gasteiger charge is -2.29. The Hall–Kier alpha value is -1.34. The normalized spacial score (nSPS) is 19.9.